The average Bonchev–Trinajstić information content (AvgIpc) is 3.10. The molecular weight excluding hydrogens is 436 g/mol. The van der Waals surface area contributed by atoms with Gasteiger partial charge >= 0.3 is 0 Å². The van der Waals surface area contributed by atoms with Gasteiger partial charge < -0.3 is 9.30 Å². The predicted octanol–water partition coefficient (Wildman–Crippen LogP) is 7.23. The standard InChI is InChI=1S/C26H27BrN2O/c1-26(2,3)20-11-15-22(16-12-20)30-18-6-17-29-24-8-5-4-7-23(24)28-25(29)19-9-13-21(27)14-10-19/h4-5,7-16H,6,17-18H2,1-3H3. The summed E-state index contributed by atoms with van der Waals surface area (Å²) in [5.41, 5.74) is 4.77. The summed E-state index contributed by atoms with van der Waals surface area (Å²) < 4.78 is 9.37. The van der Waals surface area contributed by atoms with Crippen molar-refractivity contribution in [1.82, 2.24) is 9.55 Å². The van der Waals surface area contributed by atoms with E-state index in [4.69, 9.17) is 9.72 Å². The highest BCUT2D eigenvalue weighted by Crippen LogP contribution is 2.27. The van der Waals surface area contributed by atoms with Crippen LogP contribution in [0.5, 0.6) is 5.75 Å². The molecule has 0 bridgehead atoms. The Morgan fingerprint density at radius 2 is 1.60 bits per heavy atom. The third-order valence-corrected chi connectivity index (χ3v) is 5.80. The van der Waals surface area contributed by atoms with E-state index in [0.717, 1.165) is 45.6 Å². The maximum atomic E-state index is 6.01. The molecule has 0 aliphatic heterocycles. The number of hydrogen-bond acceptors (Lipinski definition) is 2. The molecule has 0 fully saturated rings. The van der Waals surface area contributed by atoms with E-state index in [0.29, 0.717) is 6.61 Å². The van der Waals surface area contributed by atoms with Crippen LogP contribution in [0.2, 0.25) is 0 Å². The molecule has 0 amide bonds. The van der Waals surface area contributed by atoms with Crippen LogP contribution in [0.25, 0.3) is 22.4 Å². The van der Waals surface area contributed by atoms with E-state index in [-0.39, 0.29) is 5.41 Å². The summed E-state index contributed by atoms with van der Waals surface area (Å²) in [6.07, 6.45) is 0.908. The summed E-state index contributed by atoms with van der Waals surface area (Å²) in [6, 6.07) is 25.1. The largest absolute Gasteiger partial charge is 0.494 e. The number of fused-ring (bicyclic) bond motifs is 1. The van der Waals surface area contributed by atoms with Gasteiger partial charge in [-0.2, -0.15) is 0 Å². The van der Waals surface area contributed by atoms with Gasteiger partial charge in [0, 0.05) is 16.6 Å². The van der Waals surface area contributed by atoms with Crippen LogP contribution in [0.1, 0.15) is 32.8 Å². The molecule has 4 aromatic rings. The Hall–Kier alpha value is -2.59. The minimum Gasteiger partial charge on any atom is -0.494 e. The molecule has 1 heterocycles. The maximum Gasteiger partial charge on any atom is 0.141 e. The molecule has 0 radical (unpaired) electrons. The van der Waals surface area contributed by atoms with E-state index in [9.17, 15) is 0 Å². The summed E-state index contributed by atoms with van der Waals surface area (Å²) in [7, 11) is 0. The quantitative estimate of drug-likeness (QED) is 0.282. The van der Waals surface area contributed by atoms with Crippen LogP contribution in [-0.2, 0) is 12.0 Å². The highest BCUT2D eigenvalue weighted by Gasteiger charge is 2.14. The van der Waals surface area contributed by atoms with Crippen molar-refractivity contribution in [3.8, 4) is 17.1 Å². The van der Waals surface area contributed by atoms with Crippen LogP contribution in [0.15, 0.2) is 77.3 Å². The lowest BCUT2D eigenvalue weighted by atomic mass is 9.87. The molecule has 0 atom stereocenters. The van der Waals surface area contributed by atoms with E-state index >= 15 is 0 Å². The Bertz CT molecular complexity index is 1120. The number of rotatable bonds is 6. The van der Waals surface area contributed by atoms with Crippen molar-refractivity contribution in [2.45, 2.75) is 39.2 Å². The van der Waals surface area contributed by atoms with Crippen molar-refractivity contribution in [3.63, 3.8) is 0 Å². The van der Waals surface area contributed by atoms with Crippen molar-refractivity contribution < 1.29 is 4.74 Å². The summed E-state index contributed by atoms with van der Waals surface area (Å²) in [6.45, 7) is 8.19. The van der Waals surface area contributed by atoms with Gasteiger partial charge in [0.15, 0.2) is 0 Å². The number of aryl methyl sites for hydroxylation is 1. The van der Waals surface area contributed by atoms with Gasteiger partial charge in [-0.1, -0.05) is 73.1 Å². The van der Waals surface area contributed by atoms with E-state index < -0.39 is 0 Å². The fourth-order valence-corrected chi connectivity index (χ4v) is 3.85. The number of halogens is 1. The van der Waals surface area contributed by atoms with Gasteiger partial charge in [0.25, 0.3) is 0 Å². The molecule has 0 N–H and O–H groups in total. The zero-order chi connectivity index (χ0) is 21.1. The molecule has 0 saturated heterocycles. The van der Waals surface area contributed by atoms with Crippen LogP contribution in [0.4, 0.5) is 0 Å². The SMILES string of the molecule is CC(C)(C)c1ccc(OCCCn2c(-c3ccc(Br)cc3)nc3ccccc32)cc1. The van der Waals surface area contributed by atoms with Gasteiger partial charge in [-0.05, 0) is 53.8 Å². The third kappa shape index (κ3) is 4.59. The van der Waals surface area contributed by atoms with E-state index in [1.165, 1.54) is 5.56 Å². The Morgan fingerprint density at radius 3 is 2.30 bits per heavy atom. The zero-order valence-electron chi connectivity index (χ0n) is 17.7. The Labute approximate surface area is 186 Å². The lowest BCUT2D eigenvalue weighted by Gasteiger charge is -2.19. The molecule has 3 nitrogen and oxygen atoms in total. The van der Waals surface area contributed by atoms with Crippen molar-refractivity contribution in [2.24, 2.45) is 0 Å². The fraction of sp³-hybridized carbons (Fsp3) is 0.269. The van der Waals surface area contributed by atoms with Crippen LogP contribution in [0, 0.1) is 0 Å². The minimum atomic E-state index is 0.157. The van der Waals surface area contributed by atoms with Crippen LogP contribution in [0.3, 0.4) is 0 Å². The molecule has 3 aromatic carbocycles. The first-order valence-corrected chi connectivity index (χ1v) is 11.2. The average molecular weight is 463 g/mol. The summed E-state index contributed by atoms with van der Waals surface area (Å²) in [5.74, 6) is 1.92. The lowest BCUT2D eigenvalue weighted by Crippen LogP contribution is -2.10. The zero-order valence-corrected chi connectivity index (χ0v) is 19.3. The number of ether oxygens (including phenoxy) is 1. The number of nitrogens with zero attached hydrogens (tertiary/aromatic N) is 2. The first kappa shape index (κ1) is 20.7. The van der Waals surface area contributed by atoms with Crippen molar-refractivity contribution >= 4 is 27.0 Å². The normalized spacial score (nSPS) is 11.7. The second kappa shape index (κ2) is 8.65. The van der Waals surface area contributed by atoms with Gasteiger partial charge in [-0.25, -0.2) is 4.98 Å². The molecule has 154 valence electrons. The third-order valence-electron chi connectivity index (χ3n) is 5.27. The van der Waals surface area contributed by atoms with Gasteiger partial charge in [0.2, 0.25) is 0 Å². The monoisotopic (exact) mass is 462 g/mol. The van der Waals surface area contributed by atoms with Crippen LogP contribution < -0.4 is 4.74 Å². The van der Waals surface area contributed by atoms with Crippen molar-refractivity contribution in [1.29, 1.82) is 0 Å². The number of benzene rings is 3. The van der Waals surface area contributed by atoms with Gasteiger partial charge in [-0.3, -0.25) is 0 Å². The Kier molecular flexibility index (Phi) is 5.96. The summed E-state index contributed by atoms with van der Waals surface area (Å²) in [5, 5.41) is 0. The second-order valence-electron chi connectivity index (χ2n) is 8.56. The highest BCUT2D eigenvalue weighted by atomic mass is 79.9. The molecule has 0 unspecified atom stereocenters. The van der Waals surface area contributed by atoms with E-state index in [1.807, 2.05) is 6.07 Å². The number of imidazole rings is 1. The topological polar surface area (TPSA) is 27.1 Å². The summed E-state index contributed by atoms with van der Waals surface area (Å²) >= 11 is 3.52. The Balaban J connectivity index is 1.47. The lowest BCUT2D eigenvalue weighted by molar-refractivity contribution is 0.302. The highest BCUT2D eigenvalue weighted by molar-refractivity contribution is 9.10. The van der Waals surface area contributed by atoms with E-state index in [2.05, 4.69) is 108 Å². The molecule has 30 heavy (non-hydrogen) atoms. The van der Waals surface area contributed by atoms with Gasteiger partial charge in [0.1, 0.15) is 11.6 Å². The number of hydrogen-bond donors (Lipinski definition) is 0. The molecule has 0 spiro atoms. The maximum absolute atomic E-state index is 6.01. The van der Waals surface area contributed by atoms with Crippen LogP contribution >= 0.6 is 15.9 Å². The fourth-order valence-electron chi connectivity index (χ4n) is 3.59. The van der Waals surface area contributed by atoms with Crippen molar-refractivity contribution in [2.75, 3.05) is 6.61 Å². The predicted molar refractivity (Wildman–Crippen MR) is 128 cm³/mol. The number of aromatic nitrogens is 2. The molecule has 0 aliphatic rings. The molecule has 4 rings (SSSR count). The van der Waals surface area contributed by atoms with Crippen LogP contribution in [-0.4, -0.2) is 16.2 Å². The number of para-hydroxylation sites is 2. The molecule has 0 saturated carbocycles. The first-order valence-electron chi connectivity index (χ1n) is 10.4. The van der Waals surface area contributed by atoms with Crippen molar-refractivity contribution in [3.05, 3.63) is 82.8 Å². The summed E-state index contributed by atoms with van der Waals surface area (Å²) in [4.78, 5) is 4.89. The minimum absolute atomic E-state index is 0.157. The molecule has 1 aromatic heterocycles. The smallest absolute Gasteiger partial charge is 0.141 e. The Morgan fingerprint density at radius 1 is 0.900 bits per heavy atom. The second-order valence-corrected chi connectivity index (χ2v) is 9.47. The molecular formula is C26H27BrN2O. The molecule has 4 heteroatoms. The van der Waals surface area contributed by atoms with Gasteiger partial charge in [-0.15, -0.1) is 0 Å². The van der Waals surface area contributed by atoms with Gasteiger partial charge in [0.05, 0.1) is 17.6 Å². The van der Waals surface area contributed by atoms with E-state index in [1.54, 1.807) is 0 Å². The molecule has 0 aliphatic carbocycles. The first-order chi connectivity index (χ1) is 14.4.